The van der Waals surface area contributed by atoms with Crippen LogP contribution in [0.3, 0.4) is 0 Å². The molecule has 156 valence electrons. The maximum Gasteiger partial charge on any atom is 0.328 e. The van der Waals surface area contributed by atoms with E-state index in [1.54, 1.807) is 18.2 Å². The van der Waals surface area contributed by atoms with Gasteiger partial charge in [0.25, 0.3) is 0 Å². The predicted molar refractivity (Wildman–Crippen MR) is 112 cm³/mol. The Kier molecular flexibility index (Phi) is 10.2. The Bertz CT molecular complexity index is 826. The SMILES string of the molecule is CC(=O)OC/C(=C/Cc1cc(/C=C/C(=O)O)ccc1OC(C)=O)CCC=C(C)C. The quantitative estimate of drug-likeness (QED) is 0.269. The molecule has 6 nitrogen and oxygen atoms in total. The van der Waals surface area contributed by atoms with E-state index in [1.165, 1.54) is 25.5 Å². The third-order valence-corrected chi connectivity index (χ3v) is 3.85. The first kappa shape index (κ1) is 23.9. The van der Waals surface area contributed by atoms with E-state index in [2.05, 4.69) is 6.08 Å². The van der Waals surface area contributed by atoms with Crippen LogP contribution in [0.15, 0.2) is 47.6 Å². The van der Waals surface area contributed by atoms with Crippen molar-refractivity contribution in [3.63, 3.8) is 0 Å². The maximum atomic E-state index is 11.4. The highest BCUT2D eigenvalue weighted by atomic mass is 16.5. The van der Waals surface area contributed by atoms with Crippen molar-refractivity contribution < 1.29 is 29.0 Å². The third-order valence-electron chi connectivity index (χ3n) is 3.85. The molecular formula is C23H28O6. The van der Waals surface area contributed by atoms with E-state index in [0.29, 0.717) is 17.7 Å². The first-order valence-electron chi connectivity index (χ1n) is 9.34. The van der Waals surface area contributed by atoms with Crippen LogP contribution in [0.5, 0.6) is 5.75 Å². The molecule has 1 aromatic carbocycles. The van der Waals surface area contributed by atoms with Crippen molar-refractivity contribution in [2.45, 2.75) is 47.0 Å². The van der Waals surface area contributed by atoms with Gasteiger partial charge < -0.3 is 14.6 Å². The minimum atomic E-state index is -1.04. The molecule has 6 heteroatoms. The van der Waals surface area contributed by atoms with Gasteiger partial charge in [-0.1, -0.05) is 23.8 Å². The largest absolute Gasteiger partial charge is 0.478 e. The summed E-state index contributed by atoms with van der Waals surface area (Å²) in [5, 5.41) is 8.81. The van der Waals surface area contributed by atoms with E-state index in [4.69, 9.17) is 14.6 Å². The molecule has 0 saturated heterocycles. The monoisotopic (exact) mass is 400 g/mol. The third kappa shape index (κ3) is 10.7. The summed E-state index contributed by atoms with van der Waals surface area (Å²) >= 11 is 0. The zero-order valence-electron chi connectivity index (χ0n) is 17.4. The second-order valence-electron chi connectivity index (χ2n) is 6.80. The molecule has 0 aliphatic rings. The summed E-state index contributed by atoms with van der Waals surface area (Å²) in [6.07, 6.45) is 8.60. The van der Waals surface area contributed by atoms with E-state index in [9.17, 15) is 14.4 Å². The standard InChI is InChI=1S/C23H28O6/c1-16(2)6-5-7-20(15-28-17(3)24)8-11-21-14-19(10-13-23(26)27)9-12-22(21)29-18(4)25/h6,8-10,12-14H,5,7,11,15H2,1-4H3,(H,26,27)/b13-10+,20-8+. The van der Waals surface area contributed by atoms with Crippen LogP contribution in [0.1, 0.15) is 51.7 Å². The number of carboxylic acids is 1. The van der Waals surface area contributed by atoms with Gasteiger partial charge in [0.15, 0.2) is 0 Å². The normalized spacial score (nSPS) is 11.2. The Balaban J connectivity index is 3.11. The van der Waals surface area contributed by atoms with Gasteiger partial charge in [0.2, 0.25) is 0 Å². The van der Waals surface area contributed by atoms with Gasteiger partial charge in [-0.25, -0.2) is 4.79 Å². The molecule has 1 aromatic rings. The lowest BCUT2D eigenvalue weighted by atomic mass is 10.0. The lowest BCUT2D eigenvalue weighted by Crippen LogP contribution is -2.06. The van der Waals surface area contributed by atoms with Gasteiger partial charge in [-0.15, -0.1) is 0 Å². The van der Waals surface area contributed by atoms with Gasteiger partial charge in [-0.3, -0.25) is 9.59 Å². The molecule has 1 N–H and O–H groups in total. The number of carbonyl (C=O) groups excluding carboxylic acids is 2. The summed E-state index contributed by atoms with van der Waals surface area (Å²) in [6.45, 7) is 6.94. The fourth-order valence-electron chi connectivity index (χ4n) is 2.51. The summed E-state index contributed by atoms with van der Waals surface area (Å²) in [5.41, 5.74) is 3.58. The molecule has 0 radical (unpaired) electrons. The Morgan fingerprint density at radius 3 is 2.34 bits per heavy atom. The fraction of sp³-hybridized carbons (Fsp3) is 0.348. The summed E-state index contributed by atoms with van der Waals surface area (Å²) in [4.78, 5) is 33.3. The Hall–Kier alpha value is -3.15. The Morgan fingerprint density at radius 1 is 1.03 bits per heavy atom. The van der Waals surface area contributed by atoms with Gasteiger partial charge >= 0.3 is 17.9 Å². The van der Waals surface area contributed by atoms with Crippen LogP contribution in [0.2, 0.25) is 0 Å². The van der Waals surface area contributed by atoms with E-state index < -0.39 is 11.9 Å². The van der Waals surface area contributed by atoms with Crippen LogP contribution in [0, 0.1) is 0 Å². The molecule has 0 atom stereocenters. The molecule has 0 aromatic heterocycles. The number of hydrogen-bond donors (Lipinski definition) is 1. The number of benzene rings is 1. The second kappa shape index (κ2) is 12.3. The molecule has 1 rings (SSSR count). The van der Waals surface area contributed by atoms with Crippen LogP contribution < -0.4 is 4.74 Å². The molecular weight excluding hydrogens is 372 g/mol. The van der Waals surface area contributed by atoms with E-state index in [1.807, 2.05) is 19.9 Å². The average molecular weight is 400 g/mol. The number of aliphatic carboxylic acids is 1. The van der Waals surface area contributed by atoms with Gasteiger partial charge in [0.1, 0.15) is 12.4 Å². The van der Waals surface area contributed by atoms with Crippen LogP contribution in [-0.2, 0) is 25.5 Å². The van der Waals surface area contributed by atoms with Crippen molar-refractivity contribution in [1.29, 1.82) is 0 Å². The van der Waals surface area contributed by atoms with Gasteiger partial charge in [-0.05, 0) is 68.0 Å². The molecule has 0 aliphatic heterocycles. The topological polar surface area (TPSA) is 89.9 Å². The first-order chi connectivity index (χ1) is 13.7. The molecule has 29 heavy (non-hydrogen) atoms. The lowest BCUT2D eigenvalue weighted by molar-refractivity contribution is -0.140. The summed E-state index contributed by atoms with van der Waals surface area (Å²) < 4.78 is 10.4. The van der Waals surface area contributed by atoms with Gasteiger partial charge in [0.05, 0.1) is 0 Å². The highest BCUT2D eigenvalue weighted by Crippen LogP contribution is 2.23. The number of carbonyl (C=O) groups is 3. The highest BCUT2D eigenvalue weighted by molar-refractivity contribution is 5.85. The molecule has 0 bridgehead atoms. The first-order valence-corrected chi connectivity index (χ1v) is 9.34. The lowest BCUT2D eigenvalue weighted by Gasteiger charge is -2.11. The smallest absolute Gasteiger partial charge is 0.328 e. The van der Waals surface area contributed by atoms with Gasteiger partial charge in [0, 0.05) is 19.9 Å². The minimum absolute atomic E-state index is 0.202. The fourth-order valence-corrected chi connectivity index (χ4v) is 2.51. The molecule has 0 amide bonds. The van der Waals surface area contributed by atoms with E-state index in [0.717, 1.165) is 30.1 Å². The maximum absolute atomic E-state index is 11.4. The van der Waals surface area contributed by atoms with Crippen LogP contribution in [-0.4, -0.2) is 29.6 Å². The van der Waals surface area contributed by atoms with Crippen LogP contribution in [0.25, 0.3) is 6.08 Å². The van der Waals surface area contributed by atoms with Crippen molar-refractivity contribution in [3.8, 4) is 5.75 Å². The zero-order chi connectivity index (χ0) is 21.8. The second-order valence-corrected chi connectivity index (χ2v) is 6.80. The predicted octanol–water partition coefficient (Wildman–Crippen LogP) is 4.49. The van der Waals surface area contributed by atoms with Crippen molar-refractivity contribution in [1.82, 2.24) is 0 Å². The van der Waals surface area contributed by atoms with E-state index >= 15 is 0 Å². The zero-order valence-corrected chi connectivity index (χ0v) is 17.4. The van der Waals surface area contributed by atoms with Crippen molar-refractivity contribution >= 4 is 24.0 Å². The number of ether oxygens (including phenoxy) is 2. The molecule has 0 aliphatic carbocycles. The number of allylic oxidation sites excluding steroid dienone is 3. The Morgan fingerprint density at radius 2 is 1.76 bits per heavy atom. The number of rotatable bonds is 10. The van der Waals surface area contributed by atoms with Crippen LogP contribution >= 0.6 is 0 Å². The number of hydrogen-bond acceptors (Lipinski definition) is 5. The van der Waals surface area contributed by atoms with Crippen LogP contribution in [0.4, 0.5) is 0 Å². The summed E-state index contributed by atoms with van der Waals surface area (Å²) in [5.74, 6) is -1.41. The van der Waals surface area contributed by atoms with Crippen molar-refractivity contribution in [2.24, 2.45) is 0 Å². The van der Waals surface area contributed by atoms with E-state index in [-0.39, 0.29) is 12.6 Å². The highest BCUT2D eigenvalue weighted by Gasteiger charge is 2.08. The summed E-state index contributed by atoms with van der Waals surface area (Å²) in [7, 11) is 0. The van der Waals surface area contributed by atoms with Crippen molar-refractivity contribution in [2.75, 3.05) is 6.61 Å². The van der Waals surface area contributed by atoms with Crippen molar-refractivity contribution in [3.05, 3.63) is 58.7 Å². The molecule has 0 heterocycles. The number of carboxylic acid groups (broad SMARTS) is 1. The van der Waals surface area contributed by atoms with Gasteiger partial charge in [-0.2, -0.15) is 0 Å². The Labute approximate surface area is 171 Å². The molecule has 0 saturated carbocycles. The minimum Gasteiger partial charge on any atom is -0.478 e. The number of esters is 2. The molecule has 0 spiro atoms. The molecule has 0 fully saturated rings. The summed E-state index contributed by atoms with van der Waals surface area (Å²) in [6, 6.07) is 5.09. The average Bonchev–Trinajstić information content (AvgIpc) is 2.62. The molecule has 0 unspecified atom stereocenters.